The van der Waals surface area contributed by atoms with Crippen LogP contribution in [0.5, 0.6) is 0 Å². The van der Waals surface area contributed by atoms with Gasteiger partial charge in [0.25, 0.3) is 5.91 Å². The molecule has 1 aromatic heterocycles. The molecule has 162 valence electrons. The molecule has 0 bridgehead atoms. The molecule has 11 heteroatoms. The average Bonchev–Trinajstić information content (AvgIpc) is 2.92. The molecule has 3 rings (SSSR count). The molecule has 2 aromatic rings. The number of benzene rings is 1. The molecule has 0 saturated carbocycles. The fraction of sp³-hybridized carbons (Fsp3) is 0.368. The molecule has 30 heavy (non-hydrogen) atoms. The summed E-state index contributed by atoms with van der Waals surface area (Å²) in [7, 11) is -3.95. The highest BCUT2D eigenvalue weighted by Crippen LogP contribution is 2.29. The summed E-state index contributed by atoms with van der Waals surface area (Å²) in [5.41, 5.74) is -0.155. The number of hydrogen-bond donors (Lipinski definition) is 1. The summed E-state index contributed by atoms with van der Waals surface area (Å²) in [5.74, 6) is 0.0753. The van der Waals surface area contributed by atoms with Crippen LogP contribution in [0, 0.1) is 6.92 Å². The predicted octanol–water partition coefficient (Wildman–Crippen LogP) is 2.41. The molecule has 0 atom stereocenters. The number of halogens is 3. The smallest absolute Gasteiger partial charge is 0.355 e. The van der Waals surface area contributed by atoms with Gasteiger partial charge in [-0.05, 0) is 43.2 Å². The molecule has 1 aliphatic rings. The maximum atomic E-state index is 12.9. The number of hydrogen-bond acceptors (Lipinski definition) is 5. The number of alkyl halides is 3. The zero-order chi connectivity index (χ0) is 22.1. The van der Waals surface area contributed by atoms with Crippen LogP contribution in [0.1, 0.15) is 27.9 Å². The number of aromatic nitrogens is 1. The zero-order valence-electron chi connectivity index (χ0n) is 16.2. The molecule has 1 aliphatic heterocycles. The van der Waals surface area contributed by atoms with E-state index in [-0.39, 0.29) is 16.4 Å². The standard InChI is InChI=1S/C19H21F3N4O3S/c1-13-3-4-14(11-16(13)30(23,28)29)18(27)26-8-2-7-25(9-10-26)17-6-5-15(12-24-17)19(20,21)22/h3-6,11-12H,2,7-10H2,1H3,(H2,23,28,29). The van der Waals surface area contributed by atoms with Gasteiger partial charge in [0.15, 0.2) is 0 Å². The van der Waals surface area contributed by atoms with Gasteiger partial charge in [-0.1, -0.05) is 6.07 Å². The first-order chi connectivity index (χ1) is 14.0. The highest BCUT2D eigenvalue weighted by Gasteiger charge is 2.31. The van der Waals surface area contributed by atoms with Crippen molar-refractivity contribution in [1.82, 2.24) is 9.88 Å². The molecule has 1 aromatic carbocycles. The molecule has 7 nitrogen and oxygen atoms in total. The third-order valence-electron chi connectivity index (χ3n) is 4.92. The van der Waals surface area contributed by atoms with Gasteiger partial charge in [-0.15, -0.1) is 0 Å². The summed E-state index contributed by atoms with van der Waals surface area (Å²) >= 11 is 0. The van der Waals surface area contributed by atoms with Crippen molar-refractivity contribution in [2.45, 2.75) is 24.4 Å². The van der Waals surface area contributed by atoms with Gasteiger partial charge in [-0.25, -0.2) is 18.5 Å². The van der Waals surface area contributed by atoms with Gasteiger partial charge in [0.1, 0.15) is 5.82 Å². The minimum atomic E-state index is -4.45. The first-order valence-electron chi connectivity index (χ1n) is 9.18. The third kappa shape index (κ3) is 4.90. The molecule has 0 spiro atoms. The monoisotopic (exact) mass is 442 g/mol. The quantitative estimate of drug-likeness (QED) is 0.788. The van der Waals surface area contributed by atoms with Crippen molar-refractivity contribution in [2.24, 2.45) is 5.14 Å². The normalized spacial score (nSPS) is 15.8. The maximum absolute atomic E-state index is 12.9. The molecular formula is C19H21F3N4O3S. The van der Waals surface area contributed by atoms with E-state index in [1.807, 2.05) is 4.90 Å². The Bertz CT molecular complexity index is 1040. The minimum Gasteiger partial charge on any atom is -0.355 e. The van der Waals surface area contributed by atoms with Gasteiger partial charge in [-0.2, -0.15) is 13.2 Å². The number of amides is 1. The van der Waals surface area contributed by atoms with Crippen molar-refractivity contribution >= 4 is 21.7 Å². The van der Waals surface area contributed by atoms with Crippen molar-refractivity contribution in [3.8, 4) is 0 Å². The number of primary sulfonamides is 1. The number of carbonyl (C=O) groups is 1. The molecule has 2 N–H and O–H groups in total. The molecule has 0 unspecified atom stereocenters. The second kappa shape index (κ2) is 8.23. The van der Waals surface area contributed by atoms with Crippen molar-refractivity contribution in [2.75, 3.05) is 31.1 Å². The van der Waals surface area contributed by atoms with Crippen LogP contribution in [-0.4, -0.2) is 50.4 Å². The van der Waals surface area contributed by atoms with Crippen LogP contribution in [-0.2, 0) is 16.2 Å². The number of aryl methyl sites for hydroxylation is 1. The zero-order valence-corrected chi connectivity index (χ0v) is 17.0. The molecule has 1 fully saturated rings. The summed E-state index contributed by atoms with van der Waals surface area (Å²) in [6, 6.07) is 6.65. The van der Waals surface area contributed by atoms with E-state index >= 15 is 0 Å². The van der Waals surface area contributed by atoms with Gasteiger partial charge in [0.05, 0.1) is 10.5 Å². The van der Waals surface area contributed by atoms with E-state index in [1.54, 1.807) is 17.9 Å². The van der Waals surface area contributed by atoms with Gasteiger partial charge in [0, 0.05) is 37.9 Å². The van der Waals surface area contributed by atoms with Crippen LogP contribution >= 0.6 is 0 Å². The first-order valence-corrected chi connectivity index (χ1v) is 10.7. The third-order valence-corrected chi connectivity index (χ3v) is 5.98. The first kappa shape index (κ1) is 22.0. The minimum absolute atomic E-state index is 0.0984. The van der Waals surface area contributed by atoms with E-state index in [1.165, 1.54) is 18.2 Å². The highest BCUT2D eigenvalue weighted by molar-refractivity contribution is 7.89. The van der Waals surface area contributed by atoms with Crippen LogP contribution < -0.4 is 10.0 Å². The number of rotatable bonds is 3. The van der Waals surface area contributed by atoms with Crippen molar-refractivity contribution in [3.05, 3.63) is 53.2 Å². The van der Waals surface area contributed by atoms with Crippen LogP contribution in [0.3, 0.4) is 0 Å². The van der Waals surface area contributed by atoms with Crippen molar-refractivity contribution in [1.29, 1.82) is 0 Å². The predicted molar refractivity (Wildman–Crippen MR) is 105 cm³/mol. The molecule has 1 amide bonds. The average molecular weight is 442 g/mol. The van der Waals surface area contributed by atoms with Crippen molar-refractivity contribution < 1.29 is 26.4 Å². The Labute approximate surface area is 172 Å². The number of nitrogens with zero attached hydrogens (tertiary/aromatic N) is 3. The number of sulfonamides is 1. The van der Waals surface area contributed by atoms with E-state index < -0.39 is 21.8 Å². The van der Waals surface area contributed by atoms with Crippen LogP contribution in [0.2, 0.25) is 0 Å². The summed E-state index contributed by atoms with van der Waals surface area (Å²) in [5, 5.41) is 5.21. The fourth-order valence-electron chi connectivity index (χ4n) is 3.31. The molecular weight excluding hydrogens is 421 g/mol. The molecule has 0 aliphatic carbocycles. The summed E-state index contributed by atoms with van der Waals surface area (Å²) < 4.78 is 61.6. The largest absolute Gasteiger partial charge is 0.417 e. The number of carbonyl (C=O) groups excluding carboxylic acids is 1. The van der Waals surface area contributed by atoms with Crippen LogP contribution in [0.25, 0.3) is 0 Å². The van der Waals surface area contributed by atoms with Crippen LogP contribution in [0.15, 0.2) is 41.4 Å². The molecule has 0 radical (unpaired) electrons. The number of anilines is 1. The second-order valence-corrected chi connectivity index (χ2v) is 8.59. The Morgan fingerprint density at radius 2 is 1.83 bits per heavy atom. The fourth-order valence-corrected chi connectivity index (χ4v) is 4.12. The number of pyridine rings is 1. The van der Waals surface area contributed by atoms with E-state index in [2.05, 4.69) is 4.98 Å². The molecule has 2 heterocycles. The lowest BCUT2D eigenvalue weighted by molar-refractivity contribution is -0.137. The summed E-state index contributed by atoms with van der Waals surface area (Å²) in [6.07, 6.45) is -3.07. The van der Waals surface area contributed by atoms with Gasteiger partial charge < -0.3 is 9.80 Å². The molecule has 1 saturated heterocycles. The van der Waals surface area contributed by atoms with E-state index in [0.717, 1.165) is 12.3 Å². The van der Waals surface area contributed by atoms with Crippen molar-refractivity contribution in [3.63, 3.8) is 0 Å². The van der Waals surface area contributed by atoms with E-state index in [0.29, 0.717) is 44.0 Å². The summed E-state index contributed by atoms with van der Waals surface area (Å²) in [4.78, 5) is 20.1. The van der Waals surface area contributed by atoms with Gasteiger partial charge in [0.2, 0.25) is 10.0 Å². The van der Waals surface area contributed by atoms with Gasteiger partial charge in [-0.3, -0.25) is 4.79 Å². The van der Waals surface area contributed by atoms with Crippen LogP contribution in [0.4, 0.5) is 19.0 Å². The Balaban J connectivity index is 1.73. The van der Waals surface area contributed by atoms with Gasteiger partial charge >= 0.3 is 6.18 Å². The lowest BCUT2D eigenvalue weighted by atomic mass is 10.1. The Morgan fingerprint density at radius 1 is 1.10 bits per heavy atom. The maximum Gasteiger partial charge on any atom is 0.417 e. The second-order valence-electron chi connectivity index (χ2n) is 7.06. The Kier molecular flexibility index (Phi) is 6.04. The Morgan fingerprint density at radius 3 is 2.43 bits per heavy atom. The number of nitrogens with two attached hydrogens (primary N) is 1. The lowest BCUT2D eigenvalue weighted by Gasteiger charge is -2.23. The Hall–Kier alpha value is -2.66. The SMILES string of the molecule is Cc1ccc(C(=O)N2CCCN(c3ccc(C(F)(F)F)cn3)CC2)cc1S(N)(=O)=O. The van der Waals surface area contributed by atoms with E-state index in [4.69, 9.17) is 5.14 Å². The lowest BCUT2D eigenvalue weighted by Crippen LogP contribution is -2.35. The topological polar surface area (TPSA) is 96.6 Å². The summed E-state index contributed by atoms with van der Waals surface area (Å²) in [6.45, 7) is 3.25. The van der Waals surface area contributed by atoms with E-state index in [9.17, 15) is 26.4 Å². The highest BCUT2D eigenvalue weighted by atomic mass is 32.2.